The predicted octanol–water partition coefficient (Wildman–Crippen LogP) is 3.18. The Bertz CT molecular complexity index is 239. The first-order valence-electron chi connectivity index (χ1n) is 5.53. The first-order chi connectivity index (χ1) is 8.06. The zero-order chi connectivity index (χ0) is 14.4. The fraction of sp³-hybridized carbons (Fsp3) is 1.00. The number of aliphatic hydroxyl groups excluding tert-OH is 1. The van der Waals surface area contributed by atoms with Crippen molar-refractivity contribution in [2.75, 3.05) is 6.61 Å². The van der Waals surface area contributed by atoms with Crippen LogP contribution in [-0.4, -0.2) is 34.8 Å². The average Bonchev–Trinajstić information content (AvgIpc) is 2.21. The SMILES string of the molecule is OCCCCCCCC(F)(F)C(F)(F)C(O)(F)F. The Morgan fingerprint density at radius 3 is 1.61 bits per heavy atom. The molecule has 0 rings (SSSR count). The van der Waals surface area contributed by atoms with Gasteiger partial charge >= 0.3 is 18.0 Å². The predicted molar refractivity (Wildman–Crippen MR) is 51.8 cm³/mol. The van der Waals surface area contributed by atoms with Crippen molar-refractivity contribution >= 4 is 0 Å². The van der Waals surface area contributed by atoms with Gasteiger partial charge in [0.05, 0.1) is 0 Å². The van der Waals surface area contributed by atoms with Gasteiger partial charge in [0.25, 0.3) is 0 Å². The lowest BCUT2D eigenvalue weighted by molar-refractivity contribution is -0.384. The summed E-state index contributed by atoms with van der Waals surface area (Å²) in [5.41, 5.74) is 0. The van der Waals surface area contributed by atoms with E-state index in [0.29, 0.717) is 19.3 Å². The number of rotatable bonds is 9. The lowest BCUT2D eigenvalue weighted by Gasteiger charge is -2.29. The number of aliphatic hydroxyl groups is 2. The molecule has 0 aliphatic rings. The van der Waals surface area contributed by atoms with E-state index in [4.69, 9.17) is 10.2 Å². The third-order valence-corrected chi connectivity index (χ3v) is 2.49. The molecule has 8 heteroatoms. The minimum atomic E-state index is -5.77. The van der Waals surface area contributed by atoms with Crippen molar-refractivity contribution in [3.05, 3.63) is 0 Å². The summed E-state index contributed by atoms with van der Waals surface area (Å²) in [7, 11) is 0. The molecule has 0 saturated carbocycles. The molecule has 0 saturated heterocycles. The standard InChI is InChI=1S/C10H16F6O2/c11-8(12,9(13,14)10(15,16)18)6-4-2-1-3-5-7-17/h17-18H,1-7H2. The Labute approximate surface area is 101 Å². The zero-order valence-corrected chi connectivity index (χ0v) is 9.61. The van der Waals surface area contributed by atoms with Crippen LogP contribution < -0.4 is 0 Å². The van der Waals surface area contributed by atoms with Crippen LogP contribution >= 0.6 is 0 Å². The molecule has 0 atom stereocenters. The Balaban J connectivity index is 4.15. The molecule has 0 spiro atoms. The van der Waals surface area contributed by atoms with E-state index in [0.717, 1.165) is 0 Å². The van der Waals surface area contributed by atoms with E-state index in [1.165, 1.54) is 0 Å². The second-order valence-electron chi connectivity index (χ2n) is 4.06. The Kier molecular flexibility index (Phi) is 6.42. The van der Waals surface area contributed by atoms with Crippen LogP contribution in [0.2, 0.25) is 0 Å². The van der Waals surface area contributed by atoms with Crippen LogP contribution in [0.3, 0.4) is 0 Å². The van der Waals surface area contributed by atoms with Crippen LogP contribution in [-0.2, 0) is 0 Å². The summed E-state index contributed by atoms with van der Waals surface area (Å²) in [4.78, 5) is 0. The second-order valence-corrected chi connectivity index (χ2v) is 4.06. The average molecular weight is 282 g/mol. The van der Waals surface area contributed by atoms with Crippen molar-refractivity contribution in [2.24, 2.45) is 0 Å². The summed E-state index contributed by atoms with van der Waals surface area (Å²) in [6, 6.07) is 0. The van der Waals surface area contributed by atoms with Gasteiger partial charge in [0, 0.05) is 13.0 Å². The van der Waals surface area contributed by atoms with Crippen molar-refractivity contribution in [3.63, 3.8) is 0 Å². The first kappa shape index (κ1) is 17.5. The van der Waals surface area contributed by atoms with Gasteiger partial charge in [-0.15, -0.1) is 0 Å². The van der Waals surface area contributed by atoms with Crippen LogP contribution in [0.25, 0.3) is 0 Å². The van der Waals surface area contributed by atoms with Gasteiger partial charge in [-0.05, 0) is 12.8 Å². The number of alkyl halides is 6. The van der Waals surface area contributed by atoms with Crippen molar-refractivity contribution in [1.82, 2.24) is 0 Å². The van der Waals surface area contributed by atoms with Crippen LogP contribution in [0.5, 0.6) is 0 Å². The maximum atomic E-state index is 12.8. The summed E-state index contributed by atoms with van der Waals surface area (Å²) in [5, 5.41) is 16.2. The minimum absolute atomic E-state index is 0.0506. The molecule has 110 valence electrons. The molecule has 0 heterocycles. The quantitative estimate of drug-likeness (QED) is 0.503. The van der Waals surface area contributed by atoms with E-state index < -0.39 is 24.4 Å². The van der Waals surface area contributed by atoms with Crippen molar-refractivity contribution in [2.45, 2.75) is 56.5 Å². The largest absolute Gasteiger partial charge is 0.423 e. The van der Waals surface area contributed by atoms with E-state index >= 15 is 0 Å². The normalized spacial score (nSPS) is 14.0. The summed E-state index contributed by atoms with van der Waals surface area (Å²) in [6.45, 7) is -0.0506. The van der Waals surface area contributed by atoms with Gasteiger partial charge in [-0.3, -0.25) is 0 Å². The molecule has 0 fully saturated rings. The molecule has 0 aliphatic heterocycles. The highest BCUT2D eigenvalue weighted by molar-refractivity contribution is 4.90. The van der Waals surface area contributed by atoms with Gasteiger partial charge in [-0.1, -0.05) is 19.3 Å². The number of hydrogen-bond acceptors (Lipinski definition) is 2. The van der Waals surface area contributed by atoms with Gasteiger partial charge < -0.3 is 10.2 Å². The molecule has 0 aromatic heterocycles. The Morgan fingerprint density at radius 1 is 0.722 bits per heavy atom. The lowest BCUT2D eigenvalue weighted by Crippen LogP contribution is -2.53. The Hall–Kier alpha value is -0.500. The fourth-order valence-corrected chi connectivity index (χ4v) is 1.37. The third-order valence-electron chi connectivity index (χ3n) is 2.49. The highest BCUT2D eigenvalue weighted by Gasteiger charge is 2.70. The molecule has 0 aromatic rings. The van der Waals surface area contributed by atoms with Crippen molar-refractivity contribution < 1.29 is 36.6 Å². The molecule has 0 aliphatic carbocycles. The summed E-state index contributed by atoms with van der Waals surface area (Å²) < 4.78 is 74.7. The van der Waals surface area contributed by atoms with Crippen LogP contribution in [0.4, 0.5) is 26.3 Å². The zero-order valence-electron chi connectivity index (χ0n) is 9.61. The number of halogens is 6. The molecular weight excluding hydrogens is 266 g/mol. The molecule has 0 bridgehead atoms. The highest BCUT2D eigenvalue weighted by Crippen LogP contribution is 2.46. The van der Waals surface area contributed by atoms with Gasteiger partial charge in [-0.2, -0.15) is 26.3 Å². The maximum absolute atomic E-state index is 12.8. The van der Waals surface area contributed by atoms with E-state index in [9.17, 15) is 26.3 Å². The summed E-state index contributed by atoms with van der Waals surface area (Å²) in [5.74, 6) is -10.7. The maximum Gasteiger partial charge on any atom is 0.423 e. The number of unbranched alkanes of at least 4 members (excludes halogenated alkanes) is 4. The van der Waals surface area contributed by atoms with E-state index in [1.807, 2.05) is 0 Å². The van der Waals surface area contributed by atoms with E-state index in [2.05, 4.69) is 0 Å². The number of hydrogen-bond donors (Lipinski definition) is 2. The van der Waals surface area contributed by atoms with Crippen molar-refractivity contribution in [1.29, 1.82) is 0 Å². The first-order valence-corrected chi connectivity index (χ1v) is 5.53. The molecule has 18 heavy (non-hydrogen) atoms. The second kappa shape index (κ2) is 6.60. The molecule has 2 nitrogen and oxygen atoms in total. The third kappa shape index (κ3) is 4.64. The van der Waals surface area contributed by atoms with Gasteiger partial charge in [0.15, 0.2) is 0 Å². The minimum Gasteiger partial charge on any atom is -0.396 e. The fourth-order valence-electron chi connectivity index (χ4n) is 1.37. The van der Waals surface area contributed by atoms with E-state index in [-0.39, 0.29) is 19.4 Å². The van der Waals surface area contributed by atoms with Crippen molar-refractivity contribution in [3.8, 4) is 0 Å². The topological polar surface area (TPSA) is 40.5 Å². The monoisotopic (exact) mass is 282 g/mol. The summed E-state index contributed by atoms with van der Waals surface area (Å²) >= 11 is 0. The van der Waals surface area contributed by atoms with Gasteiger partial charge in [0.2, 0.25) is 0 Å². The molecule has 2 N–H and O–H groups in total. The molecular formula is C10H16F6O2. The van der Waals surface area contributed by atoms with Crippen LogP contribution in [0.15, 0.2) is 0 Å². The summed E-state index contributed by atoms with van der Waals surface area (Å²) in [6.07, 6.45) is -5.89. The Morgan fingerprint density at radius 2 is 1.17 bits per heavy atom. The highest BCUT2D eigenvalue weighted by atomic mass is 19.3. The lowest BCUT2D eigenvalue weighted by atomic mass is 10.0. The molecule has 0 unspecified atom stereocenters. The van der Waals surface area contributed by atoms with E-state index in [1.54, 1.807) is 0 Å². The molecule has 0 amide bonds. The molecule has 0 aromatic carbocycles. The van der Waals surface area contributed by atoms with Crippen LogP contribution in [0.1, 0.15) is 38.5 Å². The van der Waals surface area contributed by atoms with Gasteiger partial charge in [0.1, 0.15) is 0 Å². The van der Waals surface area contributed by atoms with Gasteiger partial charge in [-0.25, -0.2) is 0 Å². The molecule has 0 radical (unpaired) electrons. The smallest absolute Gasteiger partial charge is 0.396 e. The van der Waals surface area contributed by atoms with Crippen LogP contribution in [0, 0.1) is 0 Å².